The Morgan fingerprint density at radius 1 is 1.17 bits per heavy atom. The third-order valence-electron chi connectivity index (χ3n) is 8.12. The number of nitrogens with one attached hydrogen (secondary N) is 2. The monoisotopic (exact) mass is 623 g/mol. The molecule has 3 heterocycles. The number of nitrogens with zero attached hydrogens (tertiary/aromatic N) is 5. The van der Waals surface area contributed by atoms with Crippen molar-refractivity contribution < 1.29 is 19.1 Å². The topological polar surface area (TPSA) is 114 Å². The van der Waals surface area contributed by atoms with Crippen molar-refractivity contribution in [2.24, 2.45) is 7.05 Å². The van der Waals surface area contributed by atoms with Crippen LogP contribution < -0.4 is 20.3 Å². The van der Waals surface area contributed by atoms with Gasteiger partial charge >= 0.3 is 5.97 Å². The molecule has 1 atom stereocenters. The van der Waals surface area contributed by atoms with Crippen LogP contribution in [-0.4, -0.2) is 77.8 Å². The Morgan fingerprint density at radius 3 is 2.65 bits per heavy atom. The summed E-state index contributed by atoms with van der Waals surface area (Å²) in [7, 11) is 7.68. The molecule has 240 valence electrons. The van der Waals surface area contributed by atoms with E-state index in [-0.39, 0.29) is 17.6 Å². The normalized spacial score (nSPS) is 14.6. The number of para-hydroxylation sites is 1. The lowest BCUT2D eigenvalue weighted by atomic mass is 10.1. The molecule has 2 N–H and O–H groups in total. The van der Waals surface area contributed by atoms with Gasteiger partial charge in [0.1, 0.15) is 11.3 Å². The number of methoxy groups -OCH3 is 1. The van der Waals surface area contributed by atoms with Crippen molar-refractivity contribution >= 4 is 45.8 Å². The second-order valence-electron chi connectivity index (χ2n) is 11.8. The number of esters is 1. The molecule has 0 aliphatic carbocycles. The summed E-state index contributed by atoms with van der Waals surface area (Å²) in [6.07, 6.45) is 5.37. The van der Waals surface area contributed by atoms with Gasteiger partial charge in [-0.25, -0.2) is 14.8 Å². The number of benzene rings is 2. The van der Waals surface area contributed by atoms with Crippen LogP contribution in [0.4, 0.5) is 23.0 Å². The van der Waals surface area contributed by atoms with Crippen LogP contribution in [0, 0.1) is 11.8 Å². The standard InChI is InChI=1S/C35H41N7O4/c1-8-12-32(43)37-27-17-28(31(45-7)18-30(27)41(5)20-23-13-11-16-40(23)4)38-35-36-19-25(34(44)46-22(2)3)33(39-35)26-21-42(6)29-15-10-9-14-24(26)29/h9-10,14-15,17-19,21-23H,11,13,16,20H2,1-7H3,(H,37,43)(H,36,38,39). The lowest BCUT2D eigenvalue weighted by Crippen LogP contribution is -2.37. The molecule has 1 aliphatic rings. The molecule has 11 nitrogen and oxygen atoms in total. The van der Waals surface area contributed by atoms with E-state index in [1.165, 1.54) is 6.20 Å². The highest BCUT2D eigenvalue weighted by molar-refractivity contribution is 6.06. The van der Waals surface area contributed by atoms with Gasteiger partial charge in [0.05, 0.1) is 36.0 Å². The predicted molar refractivity (Wildman–Crippen MR) is 182 cm³/mol. The average Bonchev–Trinajstić information content (AvgIpc) is 3.58. The highest BCUT2D eigenvalue weighted by Crippen LogP contribution is 2.39. The van der Waals surface area contributed by atoms with Crippen molar-refractivity contribution in [3.63, 3.8) is 0 Å². The lowest BCUT2D eigenvalue weighted by molar-refractivity contribution is -0.111. The summed E-state index contributed by atoms with van der Waals surface area (Å²) >= 11 is 0. The molecule has 1 unspecified atom stereocenters. The minimum atomic E-state index is -0.510. The largest absolute Gasteiger partial charge is 0.494 e. The number of likely N-dealkylation sites (N-methyl/N-ethyl adjacent to an activating group) is 2. The van der Waals surface area contributed by atoms with Gasteiger partial charge in [-0.1, -0.05) is 24.1 Å². The second kappa shape index (κ2) is 13.9. The Balaban J connectivity index is 1.57. The van der Waals surface area contributed by atoms with Gasteiger partial charge in [-0.3, -0.25) is 4.79 Å². The smallest absolute Gasteiger partial charge is 0.342 e. The zero-order chi connectivity index (χ0) is 33.0. The van der Waals surface area contributed by atoms with Crippen LogP contribution in [0.5, 0.6) is 5.75 Å². The van der Waals surface area contributed by atoms with Gasteiger partial charge in [0.15, 0.2) is 0 Å². The summed E-state index contributed by atoms with van der Waals surface area (Å²) in [4.78, 5) is 39.7. The van der Waals surface area contributed by atoms with Gasteiger partial charge in [0, 0.05) is 61.6 Å². The van der Waals surface area contributed by atoms with Crippen molar-refractivity contribution in [1.29, 1.82) is 0 Å². The van der Waals surface area contributed by atoms with Crippen molar-refractivity contribution in [2.75, 3.05) is 49.8 Å². The highest BCUT2D eigenvalue weighted by atomic mass is 16.5. The number of carbonyl (C=O) groups is 2. The number of fused-ring (bicyclic) bond motifs is 1. The molecule has 0 radical (unpaired) electrons. The molecule has 11 heteroatoms. The van der Waals surface area contributed by atoms with Crippen LogP contribution >= 0.6 is 0 Å². The molecular formula is C35H41N7O4. The van der Waals surface area contributed by atoms with Crippen LogP contribution in [0.1, 0.15) is 44.0 Å². The van der Waals surface area contributed by atoms with Gasteiger partial charge in [-0.15, -0.1) is 0 Å². The first-order chi connectivity index (χ1) is 22.1. The first-order valence-corrected chi connectivity index (χ1v) is 15.4. The molecule has 5 rings (SSSR count). The first-order valence-electron chi connectivity index (χ1n) is 15.4. The average molecular weight is 624 g/mol. The molecule has 0 bridgehead atoms. The predicted octanol–water partition coefficient (Wildman–Crippen LogP) is 5.44. The molecule has 1 saturated heterocycles. The maximum absolute atomic E-state index is 13.2. The Kier molecular flexibility index (Phi) is 9.78. The van der Waals surface area contributed by atoms with Crippen molar-refractivity contribution in [3.8, 4) is 28.8 Å². The third kappa shape index (κ3) is 6.92. The number of hydrogen-bond donors (Lipinski definition) is 2. The molecule has 1 aliphatic heterocycles. The summed E-state index contributed by atoms with van der Waals surface area (Å²) in [5.41, 5.74) is 4.33. The van der Waals surface area contributed by atoms with Crippen LogP contribution in [0.2, 0.25) is 0 Å². The van der Waals surface area contributed by atoms with E-state index in [9.17, 15) is 9.59 Å². The number of likely N-dealkylation sites (tertiary alicyclic amines) is 1. The molecule has 4 aromatic rings. The van der Waals surface area contributed by atoms with E-state index in [4.69, 9.17) is 14.5 Å². The maximum Gasteiger partial charge on any atom is 0.342 e. The van der Waals surface area contributed by atoms with E-state index >= 15 is 0 Å². The van der Waals surface area contributed by atoms with Crippen LogP contribution in [0.25, 0.3) is 22.2 Å². The summed E-state index contributed by atoms with van der Waals surface area (Å²) in [6.45, 7) is 7.06. The lowest BCUT2D eigenvalue weighted by Gasteiger charge is -2.29. The Morgan fingerprint density at radius 2 is 1.96 bits per heavy atom. The van der Waals surface area contributed by atoms with Gasteiger partial charge in [-0.2, -0.15) is 0 Å². The van der Waals surface area contributed by atoms with Gasteiger partial charge in [0.25, 0.3) is 5.91 Å². The molecule has 46 heavy (non-hydrogen) atoms. The van der Waals surface area contributed by atoms with Gasteiger partial charge < -0.3 is 34.5 Å². The molecular weight excluding hydrogens is 582 g/mol. The zero-order valence-corrected chi connectivity index (χ0v) is 27.5. The zero-order valence-electron chi connectivity index (χ0n) is 27.5. The van der Waals surface area contributed by atoms with Crippen LogP contribution in [0.15, 0.2) is 48.8 Å². The third-order valence-corrected chi connectivity index (χ3v) is 8.12. The van der Waals surface area contributed by atoms with E-state index in [2.05, 4.69) is 44.3 Å². The number of aromatic nitrogens is 3. The van der Waals surface area contributed by atoms with Gasteiger partial charge in [-0.05, 0) is 65.3 Å². The summed E-state index contributed by atoms with van der Waals surface area (Å²) < 4.78 is 13.4. The molecule has 1 amide bonds. The van der Waals surface area contributed by atoms with E-state index in [0.29, 0.717) is 28.9 Å². The number of amides is 1. The summed E-state index contributed by atoms with van der Waals surface area (Å²) in [5.74, 6) is 5.05. The number of aryl methyl sites for hydroxylation is 1. The summed E-state index contributed by atoms with van der Waals surface area (Å²) in [6, 6.07) is 12.0. The minimum absolute atomic E-state index is 0.238. The van der Waals surface area contributed by atoms with Gasteiger partial charge in [0.2, 0.25) is 5.95 Å². The van der Waals surface area contributed by atoms with Crippen molar-refractivity contribution in [3.05, 3.63) is 54.4 Å². The van der Waals surface area contributed by atoms with Crippen LogP contribution in [0.3, 0.4) is 0 Å². The Bertz CT molecular complexity index is 1820. The fourth-order valence-corrected chi connectivity index (χ4v) is 5.87. The molecule has 0 saturated carbocycles. The van der Waals surface area contributed by atoms with E-state index in [0.717, 1.165) is 48.1 Å². The SMILES string of the molecule is CC#CC(=O)Nc1cc(Nc2ncc(C(=O)OC(C)C)c(-c3cn(C)c4ccccc34)n2)c(OC)cc1N(C)CC1CCCN1C. The van der Waals surface area contributed by atoms with Crippen molar-refractivity contribution in [1.82, 2.24) is 19.4 Å². The molecule has 1 fully saturated rings. The van der Waals surface area contributed by atoms with E-state index in [1.807, 2.05) is 55.2 Å². The van der Waals surface area contributed by atoms with Crippen molar-refractivity contribution in [2.45, 2.75) is 45.8 Å². The molecule has 0 spiro atoms. The maximum atomic E-state index is 13.2. The Hall–Kier alpha value is -5.08. The molecule has 2 aromatic carbocycles. The quantitative estimate of drug-likeness (QED) is 0.176. The first kappa shape index (κ1) is 32.3. The minimum Gasteiger partial charge on any atom is -0.494 e. The number of ether oxygens (including phenoxy) is 2. The van der Waals surface area contributed by atoms with Crippen LogP contribution in [-0.2, 0) is 16.6 Å². The Labute approximate surface area is 269 Å². The highest BCUT2D eigenvalue weighted by Gasteiger charge is 2.25. The summed E-state index contributed by atoms with van der Waals surface area (Å²) in [5, 5.41) is 7.15. The van der Waals surface area contributed by atoms with E-state index < -0.39 is 11.9 Å². The second-order valence-corrected chi connectivity index (χ2v) is 11.8. The molecule has 2 aromatic heterocycles. The fraction of sp³-hybridized carbons (Fsp3) is 0.371. The number of anilines is 4. The number of rotatable bonds is 10. The number of carbonyl (C=O) groups excluding carboxylic acids is 2. The van der Waals surface area contributed by atoms with E-state index in [1.54, 1.807) is 33.9 Å². The number of hydrogen-bond acceptors (Lipinski definition) is 9. The fourth-order valence-electron chi connectivity index (χ4n) is 5.87.